The third-order valence-corrected chi connectivity index (χ3v) is 6.14. The average Bonchev–Trinajstić information content (AvgIpc) is 3.04. The van der Waals surface area contributed by atoms with Crippen molar-refractivity contribution in [3.63, 3.8) is 0 Å². The Hall–Kier alpha value is -2.18. The van der Waals surface area contributed by atoms with Crippen molar-refractivity contribution in [2.45, 2.75) is 38.5 Å². The van der Waals surface area contributed by atoms with Gasteiger partial charge in [-0.1, -0.05) is 19.9 Å². The second kappa shape index (κ2) is 7.60. The standard InChI is InChI=1S/C20H24N2O3S/c1-4-12-22(13-5-2)26(23,24)17-9-7-16(8-10-17)20-21-18-11-6-15(3)14-19(18)25-20/h6-11,14H,4-5,12-13H2,1-3H3. The van der Waals surface area contributed by atoms with E-state index in [0.29, 0.717) is 23.9 Å². The second-order valence-corrected chi connectivity index (χ2v) is 8.36. The van der Waals surface area contributed by atoms with E-state index in [2.05, 4.69) is 4.98 Å². The smallest absolute Gasteiger partial charge is 0.243 e. The van der Waals surface area contributed by atoms with Gasteiger partial charge in [-0.05, 0) is 61.7 Å². The van der Waals surface area contributed by atoms with Gasteiger partial charge in [0.05, 0.1) is 4.90 Å². The van der Waals surface area contributed by atoms with Crippen molar-refractivity contribution in [2.75, 3.05) is 13.1 Å². The van der Waals surface area contributed by atoms with Crippen molar-refractivity contribution in [1.82, 2.24) is 9.29 Å². The molecule has 0 fully saturated rings. The molecule has 3 rings (SSSR count). The lowest BCUT2D eigenvalue weighted by Crippen LogP contribution is -2.32. The minimum atomic E-state index is -3.47. The summed E-state index contributed by atoms with van der Waals surface area (Å²) in [6.45, 7) is 7.02. The molecule has 6 heteroatoms. The summed E-state index contributed by atoms with van der Waals surface area (Å²) in [5, 5.41) is 0. The van der Waals surface area contributed by atoms with E-state index in [0.717, 1.165) is 35.1 Å². The molecule has 138 valence electrons. The highest BCUT2D eigenvalue weighted by molar-refractivity contribution is 7.89. The molecule has 1 aromatic heterocycles. The molecule has 26 heavy (non-hydrogen) atoms. The molecule has 0 amide bonds. The molecule has 1 heterocycles. The van der Waals surface area contributed by atoms with E-state index in [1.54, 1.807) is 28.6 Å². The summed E-state index contributed by atoms with van der Waals surface area (Å²) in [5.74, 6) is 0.494. The molecule has 0 atom stereocenters. The number of aryl methyl sites for hydroxylation is 1. The summed E-state index contributed by atoms with van der Waals surface area (Å²) in [5.41, 5.74) is 3.39. The Bertz CT molecular complexity index is 986. The zero-order valence-corrected chi connectivity index (χ0v) is 16.2. The van der Waals surface area contributed by atoms with Crippen LogP contribution >= 0.6 is 0 Å². The number of rotatable bonds is 7. The molecule has 2 aromatic carbocycles. The lowest BCUT2D eigenvalue weighted by molar-refractivity contribution is 0.410. The molecule has 0 saturated heterocycles. The molecule has 3 aromatic rings. The first kappa shape index (κ1) is 18.6. The van der Waals surface area contributed by atoms with E-state index < -0.39 is 10.0 Å². The summed E-state index contributed by atoms with van der Waals surface area (Å²) in [6, 6.07) is 12.6. The number of benzene rings is 2. The van der Waals surface area contributed by atoms with Crippen LogP contribution in [-0.2, 0) is 10.0 Å². The fraction of sp³-hybridized carbons (Fsp3) is 0.350. The summed E-state index contributed by atoms with van der Waals surface area (Å²) >= 11 is 0. The van der Waals surface area contributed by atoms with Crippen molar-refractivity contribution in [1.29, 1.82) is 0 Å². The van der Waals surface area contributed by atoms with Crippen LogP contribution in [0.15, 0.2) is 51.8 Å². The number of aromatic nitrogens is 1. The van der Waals surface area contributed by atoms with Crippen LogP contribution in [0.25, 0.3) is 22.6 Å². The van der Waals surface area contributed by atoms with Crippen molar-refractivity contribution in [3.8, 4) is 11.5 Å². The SMILES string of the molecule is CCCN(CCC)S(=O)(=O)c1ccc(-c2nc3ccc(C)cc3o2)cc1. The van der Waals surface area contributed by atoms with Crippen LogP contribution in [0.5, 0.6) is 0 Å². The number of hydrogen-bond acceptors (Lipinski definition) is 4. The topological polar surface area (TPSA) is 63.4 Å². The minimum absolute atomic E-state index is 0.301. The first-order valence-electron chi connectivity index (χ1n) is 8.93. The highest BCUT2D eigenvalue weighted by Gasteiger charge is 2.23. The van der Waals surface area contributed by atoms with Crippen LogP contribution in [0.1, 0.15) is 32.3 Å². The number of oxazole rings is 1. The Balaban J connectivity index is 1.91. The Morgan fingerprint density at radius 3 is 2.27 bits per heavy atom. The van der Waals surface area contributed by atoms with Crippen LogP contribution in [0, 0.1) is 6.92 Å². The monoisotopic (exact) mass is 372 g/mol. The zero-order valence-electron chi connectivity index (χ0n) is 15.4. The lowest BCUT2D eigenvalue weighted by atomic mass is 10.2. The second-order valence-electron chi connectivity index (χ2n) is 6.42. The lowest BCUT2D eigenvalue weighted by Gasteiger charge is -2.21. The Kier molecular flexibility index (Phi) is 5.44. The molecule has 0 radical (unpaired) electrons. The van der Waals surface area contributed by atoms with E-state index in [4.69, 9.17) is 4.42 Å². The summed E-state index contributed by atoms with van der Waals surface area (Å²) in [4.78, 5) is 4.78. The molecule has 0 aliphatic rings. The Morgan fingerprint density at radius 2 is 1.65 bits per heavy atom. The molecular weight excluding hydrogens is 348 g/mol. The van der Waals surface area contributed by atoms with E-state index >= 15 is 0 Å². The number of fused-ring (bicyclic) bond motifs is 1. The van der Waals surface area contributed by atoms with Gasteiger partial charge >= 0.3 is 0 Å². The predicted molar refractivity (Wildman–Crippen MR) is 104 cm³/mol. The summed E-state index contributed by atoms with van der Waals surface area (Å²) < 4.78 is 33.0. The minimum Gasteiger partial charge on any atom is -0.436 e. The molecule has 0 aliphatic carbocycles. The van der Waals surface area contributed by atoms with Gasteiger partial charge < -0.3 is 4.42 Å². The molecule has 5 nitrogen and oxygen atoms in total. The first-order valence-corrected chi connectivity index (χ1v) is 10.4. The maximum absolute atomic E-state index is 12.8. The van der Waals surface area contributed by atoms with Crippen molar-refractivity contribution >= 4 is 21.1 Å². The third kappa shape index (κ3) is 3.66. The molecule has 0 bridgehead atoms. The van der Waals surface area contributed by atoms with Gasteiger partial charge in [0.15, 0.2) is 5.58 Å². The van der Waals surface area contributed by atoms with Crippen LogP contribution in [0.2, 0.25) is 0 Å². The van der Waals surface area contributed by atoms with Crippen molar-refractivity contribution in [2.24, 2.45) is 0 Å². The average molecular weight is 372 g/mol. The fourth-order valence-corrected chi connectivity index (χ4v) is 4.55. The normalized spacial score (nSPS) is 12.2. The molecule has 0 N–H and O–H groups in total. The maximum Gasteiger partial charge on any atom is 0.243 e. The van der Waals surface area contributed by atoms with Crippen LogP contribution in [0.3, 0.4) is 0 Å². The Labute approximate surface area is 154 Å². The predicted octanol–water partition coefficient (Wildman–Crippen LogP) is 4.61. The van der Waals surface area contributed by atoms with Gasteiger partial charge in [-0.2, -0.15) is 4.31 Å². The van der Waals surface area contributed by atoms with E-state index in [-0.39, 0.29) is 0 Å². The molecule has 0 aliphatic heterocycles. The molecule has 0 spiro atoms. The maximum atomic E-state index is 12.8. The van der Waals surface area contributed by atoms with Gasteiger partial charge in [-0.3, -0.25) is 0 Å². The van der Waals surface area contributed by atoms with Gasteiger partial charge in [0.1, 0.15) is 5.52 Å². The highest BCUT2D eigenvalue weighted by atomic mass is 32.2. The van der Waals surface area contributed by atoms with Gasteiger partial charge in [0, 0.05) is 18.7 Å². The first-order chi connectivity index (χ1) is 12.5. The molecule has 0 saturated carbocycles. The van der Waals surface area contributed by atoms with Crippen LogP contribution in [-0.4, -0.2) is 30.8 Å². The third-order valence-electron chi connectivity index (χ3n) is 4.23. The van der Waals surface area contributed by atoms with Gasteiger partial charge in [-0.25, -0.2) is 13.4 Å². The largest absolute Gasteiger partial charge is 0.436 e. The van der Waals surface area contributed by atoms with Crippen molar-refractivity contribution in [3.05, 3.63) is 48.0 Å². The quantitative estimate of drug-likeness (QED) is 0.607. The molecule has 0 unspecified atom stereocenters. The van der Waals surface area contributed by atoms with Crippen LogP contribution in [0.4, 0.5) is 0 Å². The highest BCUT2D eigenvalue weighted by Crippen LogP contribution is 2.26. The van der Waals surface area contributed by atoms with Gasteiger partial charge in [0.25, 0.3) is 0 Å². The van der Waals surface area contributed by atoms with E-state index in [1.807, 2.05) is 39.0 Å². The van der Waals surface area contributed by atoms with Crippen LogP contribution < -0.4 is 0 Å². The summed E-state index contributed by atoms with van der Waals surface area (Å²) in [7, 11) is -3.47. The van der Waals surface area contributed by atoms with Gasteiger partial charge in [-0.15, -0.1) is 0 Å². The van der Waals surface area contributed by atoms with E-state index in [9.17, 15) is 8.42 Å². The zero-order chi connectivity index (χ0) is 18.7. The number of hydrogen-bond donors (Lipinski definition) is 0. The Morgan fingerprint density at radius 1 is 1.00 bits per heavy atom. The van der Waals surface area contributed by atoms with Crippen molar-refractivity contribution < 1.29 is 12.8 Å². The fourth-order valence-electron chi connectivity index (χ4n) is 2.92. The van der Waals surface area contributed by atoms with E-state index in [1.165, 1.54) is 0 Å². The summed E-state index contributed by atoms with van der Waals surface area (Å²) in [6.07, 6.45) is 1.58. The van der Waals surface area contributed by atoms with Gasteiger partial charge in [0.2, 0.25) is 15.9 Å². The molecular formula is C20H24N2O3S. The number of sulfonamides is 1. The number of nitrogens with zero attached hydrogens (tertiary/aromatic N) is 2.